The predicted molar refractivity (Wildman–Crippen MR) is 172 cm³/mol. The average Bonchev–Trinajstić information content (AvgIpc) is 2.87. The Morgan fingerprint density at radius 1 is 0.737 bits per heavy atom. The third kappa shape index (κ3) is 7.39. The van der Waals surface area contributed by atoms with Crippen LogP contribution in [0.3, 0.4) is 0 Å². The van der Waals surface area contributed by atoms with Gasteiger partial charge in [-0.3, -0.25) is 9.98 Å². The SMILES string of the molecule is CC(C)(C)P(Cc1cccc(/C=N/c2cc(Cl)ccc2P(c2ccccc2)c2ccccc2)n1)C(C)(C)C. The van der Waals surface area contributed by atoms with E-state index in [1.165, 1.54) is 15.9 Å². The van der Waals surface area contributed by atoms with Crippen molar-refractivity contribution in [3.63, 3.8) is 0 Å². The summed E-state index contributed by atoms with van der Waals surface area (Å²) in [6, 6.07) is 33.7. The van der Waals surface area contributed by atoms with Crippen molar-refractivity contribution in [2.75, 3.05) is 0 Å². The number of nitrogens with zero attached hydrogens (tertiary/aromatic N) is 2. The van der Waals surface area contributed by atoms with E-state index >= 15 is 0 Å². The Labute approximate surface area is 236 Å². The van der Waals surface area contributed by atoms with E-state index in [2.05, 4.69) is 120 Å². The van der Waals surface area contributed by atoms with E-state index < -0.39 is 7.92 Å². The number of hydrogen-bond donors (Lipinski definition) is 0. The minimum Gasteiger partial charge on any atom is -0.254 e. The number of pyridine rings is 1. The first-order valence-corrected chi connectivity index (χ1v) is 16.2. The summed E-state index contributed by atoms with van der Waals surface area (Å²) in [7, 11) is -1.07. The van der Waals surface area contributed by atoms with Gasteiger partial charge in [0, 0.05) is 22.2 Å². The van der Waals surface area contributed by atoms with E-state index in [-0.39, 0.29) is 18.2 Å². The van der Waals surface area contributed by atoms with Crippen LogP contribution in [0.4, 0.5) is 5.69 Å². The van der Waals surface area contributed by atoms with Gasteiger partial charge in [-0.15, -0.1) is 0 Å². The molecule has 0 saturated heterocycles. The molecule has 0 aliphatic carbocycles. The van der Waals surface area contributed by atoms with E-state index in [4.69, 9.17) is 21.6 Å². The highest BCUT2D eigenvalue weighted by atomic mass is 35.5. The standard InChI is InChI=1S/C33H37ClN2P2/c1-32(2,3)37(33(4,5)6)24-27-15-13-14-26(36-27)23-35-30-22-25(34)20-21-31(30)38(28-16-9-7-10-17-28)29-18-11-8-12-19-29/h7-23H,24H2,1-6H3/b35-23+. The molecule has 3 aromatic carbocycles. The van der Waals surface area contributed by atoms with Crippen LogP contribution in [0.25, 0.3) is 0 Å². The molecular weight excluding hydrogens is 522 g/mol. The number of rotatable bonds is 7. The number of benzene rings is 3. The molecule has 0 aliphatic heterocycles. The molecule has 0 amide bonds. The number of aromatic nitrogens is 1. The van der Waals surface area contributed by atoms with Gasteiger partial charge < -0.3 is 0 Å². The Balaban J connectivity index is 1.71. The highest BCUT2D eigenvalue weighted by Crippen LogP contribution is 2.61. The van der Waals surface area contributed by atoms with Crippen LogP contribution in [-0.2, 0) is 6.16 Å². The summed E-state index contributed by atoms with van der Waals surface area (Å²) in [4.78, 5) is 9.98. The van der Waals surface area contributed by atoms with Crippen molar-refractivity contribution < 1.29 is 0 Å². The highest BCUT2D eigenvalue weighted by molar-refractivity contribution is 7.80. The van der Waals surface area contributed by atoms with Gasteiger partial charge in [-0.2, -0.15) is 0 Å². The third-order valence-electron chi connectivity index (χ3n) is 6.31. The Morgan fingerprint density at radius 2 is 1.32 bits per heavy atom. The fourth-order valence-electron chi connectivity index (χ4n) is 4.81. The number of halogens is 1. The summed E-state index contributed by atoms with van der Waals surface area (Å²) in [5.41, 5.74) is 2.89. The lowest BCUT2D eigenvalue weighted by molar-refractivity contribution is 0.701. The van der Waals surface area contributed by atoms with Gasteiger partial charge in [0.1, 0.15) is 0 Å². The molecule has 4 rings (SSSR count). The fourth-order valence-corrected chi connectivity index (χ4v) is 10.8. The normalized spacial score (nSPS) is 12.6. The molecule has 196 valence electrons. The van der Waals surface area contributed by atoms with Crippen LogP contribution in [0.5, 0.6) is 0 Å². The molecule has 0 fully saturated rings. The second-order valence-electron chi connectivity index (χ2n) is 11.4. The molecule has 5 heteroatoms. The highest BCUT2D eigenvalue weighted by Gasteiger charge is 2.34. The second kappa shape index (κ2) is 12.2. The average molecular weight is 559 g/mol. The lowest BCUT2D eigenvalue weighted by Gasteiger charge is -2.41. The van der Waals surface area contributed by atoms with Gasteiger partial charge in [-0.25, -0.2) is 0 Å². The molecule has 0 aliphatic rings. The molecule has 0 N–H and O–H groups in total. The first-order valence-electron chi connectivity index (χ1n) is 13.0. The smallest absolute Gasteiger partial charge is 0.0816 e. The molecule has 1 heterocycles. The van der Waals surface area contributed by atoms with Crippen molar-refractivity contribution in [1.29, 1.82) is 0 Å². The monoisotopic (exact) mass is 558 g/mol. The zero-order chi connectivity index (χ0) is 27.3. The van der Waals surface area contributed by atoms with E-state index in [0.717, 1.165) is 23.2 Å². The minimum atomic E-state index is -0.794. The van der Waals surface area contributed by atoms with Crippen LogP contribution < -0.4 is 15.9 Å². The predicted octanol–water partition coefficient (Wildman–Crippen LogP) is 8.82. The fraction of sp³-hybridized carbons (Fsp3) is 0.273. The summed E-state index contributed by atoms with van der Waals surface area (Å²) >= 11 is 6.48. The van der Waals surface area contributed by atoms with Crippen molar-refractivity contribution in [2.45, 2.75) is 58.0 Å². The van der Waals surface area contributed by atoms with E-state index in [0.29, 0.717) is 5.02 Å². The van der Waals surface area contributed by atoms with E-state index in [9.17, 15) is 0 Å². The molecule has 0 spiro atoms. The second-order valence-corrected chi connectivity index (χ2v) is 17.9. The van der Waals surface area contributed by atoms with E-state index in [1.807, 2.05) is 24.4 Å². The van der Waals surface area contributed by atoms with Gasteiger partial charge in [0.15, 0.2) is 0 Å². The van der Waals surface area contributed by atoms with Crippen LogP contribution in [0.1, 0.15) is 52.9 Å². The van der Waals surface area contributed by atoms with Crippen molar-refractivity contribution in [2.24, 2.45) is 4.99 Å². The first kappa shape index (κ1) is 28.6. The molecule has 2 nitrogen and oxygen atoms in total. The maximum absolute atomic E-state index is 6.48. The van der Waals surface area contributed by atoms with Crippen LogP contribution in [-0.4, -0.2) is 21.5 Å². The van der Waals surface area contributed by atoms with E-state index in [1.54, 1.807) is 0 Å². The Morgan fingerprint density at radius 3 is 1.87 bits per heavy atom. The van der Waals surface area contributed by atoms with Crippen LogP contribution in [0.15, 0.2) is 102 Å². The van der Waals surface area contributed by atoms with Crippen molar-refractivity contribution in [3.8, 4) is 0 Å². The Kier molecular flexibility index (Phi) is 9.20. The maximum Gasteiger partial charge on any atom is 0.0816 e. The molecule has 4 aromatic rings. The first-order chi connectivity index (χ1) is 18.0. The molecule has 0 radical (unpaired) electrons. The minimum absolute atomic E-state index is 0.251. The summed E-state index contributed by atoms with van der Waals surface area (Å²) in [5, 5.41) is 4.93. The van der Waals surface area contributed by atoms with Crippen LogP contribution in [0.2, 0.25) is 5.02 Å². The molecule has 0 bridgehead atoms. The summed E-state index contributed by atoms with van der Waals surface area (Å²) in [6.45, 7) is 14.1. The molecule has 0 atom stereocenters. The van der Waals surface area contributed by atoms with Crippen molar-refractivity contribution >= 4 is 55.3 Å². The third-order valence-corrected chi connectivity index (χ3v) is 12.9. The molecule has 0 unspecified atom stereocenters. The van der Waals surface area contributed by atoms with Gasteiger partial charge in [-0.05, 0) is 53.1 Å². The molecule has 0 saturated carbocycles. The van der Waals surface area contributed by atoms with Crippen LogP contribution in [0, 0.1) is 0 Å². The molecule has 1 aromatic heterocycles. The Bertz CT molecular complexity index is 1320. The number of aliphatic imine (C=N–C) groups is 1. The number of hydrogen-bond acceptors (Lipinski definition) is 2. The lowest BCUT2D eigenvalue weighted by atomic mass is 10.2. The van der Waals surface area contributed by atoms with Gasteiger partial charge in [0.05, 0.1) is 17.6 Å². The zero-order valence-corrected chi connectivity index (χ0v) is 25.7. The van der Waals surface area contributed by atoms with Gasteiger partial charge in [0.2, 0.25) is 0 Å². The van der Waals surface area contributed by atoms with Gasteiger partial charge in [0.25, 0.3) is 0 Å². The summed E-state index contributed by atoms with van der Waals surface area (Å²) in [5.74, 6) is 0. The summed E-state index contributed by atoms with van der Waals surface area (Å²) in [6.07, 6.45) is 2.89. The molecular formula is C33H37ClN2P2. The van der Waals surface area contributed by atoms with Crippen LogP contribution >= 0.6 is 27.4 Å². The maximum atomic E-state index is 6.48. The largest absolute Gasteiger partial charge is 0.254 e. The van der Waals surface area contributed by atoms with Gasteiger partial charge in [-0.1, -0.05) is 134 Å². The van der Waals surface area contributed by atoms with Gasteiger partial charge >= 0.3 is 0 Å². The quantitative estimate of drug-likeness (QED) is 0.164. The summed E-state index contributed by atoms with van der Waals surface area (Å²) < 4.78 is 0. The van der Waals surface area contributed by atoms with Crippen molar-refractivity contribution in [1.82, 2.24) is 4.98 Å². The van der Waals surface area contributed by atoms with Crippen molar-refractivity contribution in [3.05, 3.63) is 113 Å². The zero-order valence-electron chi connectivity index (χ0n) is 23.2. The molecule has 38 heavy (non-hydrogen) atoms. The Hall–Kier alpha value is -2.37. The topological polar surface area (TPSA) is 25.2 Å². The lowest BCUT2D eigenvalue weighted by Crippen LogP contribution is -2.26.